The molecule has 0 aromatic heterocycles. The number of esters is 1. The lowest BCUT2D eigenvalue weighted by Gasteiger charge is -1.99. The van der Waals surface area contributed by atoms with Crippen LogP contribution in [-0.2, 0) is 14.3 Å². The van der Waals surface area contributed by atoms with E-state index in [2.05, 4.69) is 23.8 Å². The standard InChI is InChI=1S/C18H32O3/c1-3-4-5-6-7-8-9-10-11-12-13-16-17(21-16)14-15-18(19)20-2/h12-13,16-17H,3-11,14-15H2,1-2H3. The Balaban J connectivity index is 1.85. The van der Waals surface area contributed by atoms with Crippen LogP contribution in [0.25, 0.3) is 0 Å². The van der Waals surface area contributed by atoms with Gasteiger partial charge in [-0.05, 0) is 19.3 Å². The number of epoxide rings is 1. The zero-order valence-corrected chi connectivity index (χ0v) is 13.8. The number of rotatable bonds is 13. The fourth-order valence-corrected chi connectivity index (χ4v) is 2.55. The molecule has 21 heavy (non-hydrogen) atoms. The monoisotopic (exact) mass is 296 g/mol. The van der Waals surface area contributed by atoms with E-state index in [1.165, 1.54) is 58.5 Å². The van der Waals surface area contributed by atoms with E-state index in [-0.39, 0.29) is 18.2 Å². The summed E-state index contributed by atoms with van der Waals surface area (Å²) in [5, 5.41) is 0. The van der Waals surface area contributed by atoms with E-state index in [1.807, 2.05) is 0 Å². The summed E-state index contributed by atoms with van der Waals surface area (Å²) >= 11 is 0. The summed E-state index contributed by atoms with van der Waals surface area (Å²) in [6.07, 6.45) is 18.2. The first-order chi connectivity index (χ1) is 10.3. The van der Waals surface area contributed by atoms with Crippen molar-refractivity contribution < 1.29 is 14.3 Å². The summed E-state index contributed by atoms with van der Waals surface area (Å²) in [5.74, 6) is -0.146. The molecule has 1 saturated heterocycles. The van der Waals surface area contributed by atoms with Gasteiger partial charge in [0.1, 0.15) is 6.10 Å². The van der Waals surface area contributed by atoms with E-state index in [4.69, 9.17) is 4.74 Å². The number of unbranched alkanes of at least 4 members (excludes halogenated alkanes) is 8. The molecule has 1 aliphatic heterocycles. The lowest BCUT2D eigenvalue weighted by Crippen LogP contribution is -2.02. The van der Waals surface area contributed by atoms with Crippen LogP contribution in [0, 0.1) is 0 Å². The maximum Gasteiger partial charge on any atom is 0.305 e. The molecule has 1 aliphatic rings. The quantitative estimate of drug-likeness (QED) is 0.212. The minimum absolute atomic E-state index is 0.146. The molecule has 0 aromatic rings. The van der Waals surface area contributed by atoms with E-state index >= 15 is 0 Å². The van der Waals surface area contributed by atoms with Crippen molar-refractivity contribution >= 4 is 5.97 Å². The van der Waals surface area contributed by atoms with Crippen LogP contribution in [0.4, 0.5) is 0 Å². The maximum atomic E-state index is 11.0. The van der Waals surface area contributed by atoms with Gasteiger partial charge in [-0.1, -0.05) is 64.0 Å². The lowest BCUT2D eigenvalue weighted by atomic mass is 10.1. The Morgan fingerprint density at radius 2 is 1.76 bits per heavy atom. The molecule has 0 spiro atoms. The predicted octanol–water partition coefficient (Wildman–Crippen LogP) is 4.79. The number of hydrogen-bond donors (Lipinski definition) is 0. The van der Waals surface area contributed by atoms with Crippen molar-refractivity contribution in [1.29, 1.82) is 0 Å². The molecule has 3 heteroatoms. The van der Waals surface area contributed by atoms with Gasteiger partial charge in [0, 0.05) is 6.42 Å². The summed E-state index contributed by atoms with van der Waals surface area (Å²) < 4.78 is 10.1. The largest absolute Gasteiger partial charge is 0.469 e. The molecule has 0 amide bonds. The Hall–Kier alpha value is -0.830. The number of hydrogen-bond acceptors (Lipinski definition) is 3. The zero-order chi connectivity index (χ0) is 15.3. The second kappa shape index (κ2) is 11.8. The number of carbonyl (C=O) groups is 1. The van der Waals surface area contributed by atoms with Crippen LogP contribution in [-0.4, -0.2) is 25.3 Å². The first-order valence-electron chi connectivity index (χ1n) is 8.67. The first kappa shape index (κ1) is 18.2. The van der Waals surface area contributed by atoms with Crippen molar-refractivity contribution in [3.63, 3.8) is 0 Å². The number of carbonyl (C=O) groups excluding carboxylic acids is 1. The summed E-state index contributed by atoms with van der Waals surface area (Å²) in [6.45, 7) is 2.26. The van der Waals surface area contributed by atoms with Crippen molar-refractivity contribution in [3.05, 3.63) is 12.2 Å². The number of methoxy groups -OCH3 is 1. The highest BCUT2D eigenvalue weighted by atomic mass is 16.6. The van der Waals surface area contributed by atoms with Gasteiger partial charge in [0.25, 0.3) is 0 Å². The van der Waals surface area contributed by atoms with Gasteiger partial charge >= 0.3 is 5.97 Å². The van der Waals surface area contributed by atoms with Crippen LogP contribution in [0.2, 0.25) is 0 Å². The molecule has 0 bridgehead atoms. The average molecular weight is 296 g/mol. The highest BCUT2D eigenvalue weighted by Gasteiger charge is 2.36. The Labute approximate surface area is 130 Å². The summed E-state index contributed by atoms with van der Waals surface area (Å²) in [5.41, 5.74) is 0. The molecule has 0 aromatic carbocycles. The lowest BCUT2D eigenvalue weighted by molar-refractivity contribution is -0.140. The SMILES string of the molecule is CCCCCCCCCCC=CC1OC1CCC(=O)OC. The highest BCUT2D eigenvalue weighted by molar-refractivity contribution is 5.69. The van der Waals surface area contributed by atoms with E-state index in [0.717, 1.165) is 12.8 Å². The molecule has 2 unspecified atom stereocenters. The molecule has 1 rings (SSSR count). The molecule has 0 N–H and O–H groups in total. The van der Waals surface area contributed by atoms with Crippen LogP contribution >= 0.6 is 0 Å². The van der Waals surface area contributed by atoms with Gasteiger partial charge < -0.3 is 9.47 Å². The van der Waals surface area contributed by atoms with E-state index < -0.39 is 0 Å². The molecule has 0 aliphatic carbocycles. The van der Waals surface area contributed by atoms with Gasteiger partial charge in [0.15, 0.2) is 0 Å². The maximum absolute atomic E-state index is 11.0. The topological polar surface area (TPSA) is 38.8 Å². The summed E-state index contributed by atoms with van der Waals surface area (Å²) in [6, 6.07) is 0. The van der Waals surface area contributed by atoms with Gasteiger partial charge in [-0.25, -0.2) is 0 Å². The van der Waals surface area contributed by atoms with Gasteiger partial charge in [-0.15, -0.1) is 0 Å². The Bertz CT molecular complexity index is 299. The second-order valence-electron chi connectivity index (χ2n) is 5.95. The Morgan fingerprint density at radius 1 is 1.10 bits per heavy atom. The number of ether oxygens (including phenoxy) is 2. The molecule has 1 fully saturated rings. The smallest absolute Gasteiger partial charge is 0.305 e. The molecule has 122 valence electrons. The van der Waals surface area contributed by atoms with Crippen LogP contribution in [0.5, 0.6) is 0 Å². The van der Waals surface area contributed by atoms with Crippen molar-refractivity contribution in [2.75, 3.05) is 7.11 Å². The van der Waals surface area contributed by atoms with Crippen LogP contribution in [0.3, 0.4) is 0 Å². The molecule has 2 atom stereocenters. The minimum Gasteiger partial charge on any atom is -0.469 e. The normalized spacial score (nSPS) is 20.9. The average Bonchev–Trinajstić information content (AvgIpc) is 3.25. The van der Waals surface area contributed by atoms with Crippen molar-refractivity contribution in [3.8, 4) is 0 Å². The molecule has 0 saturated carbocycles. The third kappa shape index (κ3) is 9.67. The summed E-state index contributed by atoms with van der Waals surface area (Å²) in [7, 11) is 1.43. The Morgan fingerprint density at radius 3 is 2.43 bits per heavy atom. The zero-order valence-electron chi connectivity index (χ0n) is 13.8. The molecule has 1 heterocycles. The fraction of sp³-hybridized carbons (Fsp3) is 0.833. The van der Waals surface area contributed by atoms with E-state index in [1.54, 1.807) is 0 Å². The van der Waals surface area contributed by atoms with Crippen LogP contribution < -0.4 is 0 Å². The molecule has 3 nitrogen and oxygen atoms in total. The van der Waals surface area contributed by atoms with Gasteiger partial charge in [-0.2, -0.15) is 0 Å². The van der Waals surface area contributed by atoms with Crippen LogP contribution in [0.1, 0.15) is 77.6 Å². The van der Waals surface area contributed by atoms with Crippen molar-refractivity contribution in [1.82, 2.24) is 0 Å². The van der Waals surface area contributed by atoms with Gasteiger partial charge in [0.2, 0.25) is 0 Å². The van der Waals surface area contributed by atoms with Crippen molar-refractivity contribution in [2.24, 2.45) is 0 Å². The first-order valence-corrected chi connectivity index (χ1v) is 8.67. The van der Waals surface area contributed by atoms with Crippen molar-refractivity contribution in [2.45, 2.75) is 89.8 Å². The predicted molar refractivity (Wildman–Crippen MR) is 86.3 cm³/mol. The molecular formula is C18H32O3. The van der Waals surface area contributed by atoms with Crippen LogP contribution in [0.15, 0.2) is 12.2 Å². The fourth-order valence-electron chi connectivity index (χ4n) is 2.55. The number of allylic oxidation sites excluding steroid dienone is 1. The third-order valence-electron chi connectivity index (χ3n) is 4.03. The molecular weight excluding hydrogens is 264 g/mol. The third-order valence-corrected chi connectivity index (χ3v) is 4.03. The summed E-state index contributed by atoms with van der Waals surface area (Å²) in [4.78, 5) is 11.0. The van der Waals surface area contributed by atoms with E-state index in [9.17, 15) is 4.79 Å². The second-order valence-corrected chi connectivity index (χ2v) is 5.95. The highest BCUT2D eigenvalue weighted by Crippen LogP contribution is 2.28. The van der Waals surface area contributed by atoms with Gasteiger partial charge in [-0.3, -0.25) is 4.79 Å². The van der Waals surface area contributed by atoms with Gasteiger partial charge in [0.05, 0.1) is 13.2 Å². The minimum atomic E-state index is -0.146. The van der Waals surface area contributed by atoms with E-state index in [0.29, 0.717) is 6.42 Å². The molecule has 0 radical (unpaired) electrons. The Kier molecular flexibility index (Phi) is 10.2.